The molecule has 2 fully saturated rings. The third-order valence-corrected chi connectivity index (χ3v) is 7.57. The molecule has 1 aliphatic heterocycles. The molecule has 3 aromatic rings. The lowest BCUT2D eigenvalue weighted by atomic mass is 10.1. The lowest BCUT2D eigenvalue weighted by Crippen LogP contribution is -2.52. The summed E-state index contributed by atoms with van der Waals surface area (Å²) >= 11 is 0. The van der Waals surface area contributed by atoms with E-state index in [1.165, 1.54) is 4.31 Å². The quantitative estimate of drug-likeness (QED) is 0.608. The Bertz CT molecular complexity index is 1180. The van der Waals surface area contributed by atoms with Crippen molar-refractivity contribution in [2.45, 2.75) is 23.8 Å². The predicted octanol–water partition coefficient (Wildman–Crippen LogP) is 2.72. The third-order valence-electron chi connectivity index (χ3n) is 5.69. The summed E-state index contributed by atoms with van der Waals surface area (Å²) in [5.41, 5.74) is 0.794. The highest BCUT2D eigenvalue weighted by atomic mass is 32.2. The average molecular weight is 439 g/mol. The molecule has 2 heterocycles. The molecule has 160 valence electrons. The molecule has 1 unspecified atom stereocenters. The summed E-state index contributed by atoms with van der Waals surface area (Å²) in [6, 6.07) is 17.1. The fourth-order valence-electron chi connectivity index (χ4n) is 3.83. The first-order valence-corrected chi connectivity index (χ1v) is 11.7. The van der Waals surface area contributed by atoms with Gasteiger partial charge in [-0.05, 0) is 25.0 Å². The van der Waals surface area contributed by atoms with E-state index in [1.807, 2.05) is 30.3 Å². The Labute approximate surface area is 180 Å². The normalized spacial score (nSPS) is 20.0. The van der Waals surface area contributed by atoms with E-state index in [-0.39, 0.29) is 42.2 Å². The van der Waals surface area contributed by atoms with E-state index in [0.29, 0.717) is 5.82 Å². The minimum Gasteiger partial charge on any atom is -0.337 e. The van der Waals surface area contributed by atoms with Gasteiger partial charge in [0, 0.05) is 31.1 Å². The fraction of sp³-hybridized carbons (Fsp3) is 0.318. The van der Waals surface area contributed by atoms with Crippen LogP contribution in [0.25, 0.3) is 11.4 Å². The summed E-state index contributed by atoms with van der Waals surface area (Å²) in [5.74, 6) is 0.704. The monoisotopic (exact) mass is 438 g/mol. The molecule has 31 heavy (non-hydrogen) atoms. The van der Waals surface area contributed by atoms with Gasteiger partial charge in [-0.15, -0.1) is 0 Å². The highest BCUT2D eigenvalue weighted by Gasteiger charge is 2.43. The van der Waals surface area contributed by atoms with Gasteiger partial charge in [-0.25, -0.2) is 8.42 Å². The number of amides is 1. The van der Waals surface area contributed by atoms with Crippen LogP contribution < -0.4 is 0 Å². The van der Waals surface area contributed by atoms with Gasteiger partial charge in [-0.1, -0.05) is 53.7 Å². The second-order valence-electron chi connectivity index (χ2n) is 7.82. The van der Waals surface area contributed by atoms with Crippen LogP contribution in [0.3, 0.4) is 0 Å². The molecule has 0 spiro atoms. The number of piperazine rings is 1. The molecule has 0 radical (unpaired) electrons. The highest BCUT2D eigenvalue weighted by Crippen LogP contribution is 2.36. The largest absolute Gasteiger partial charge is 0.337 e. The number of sulfonamides is 1. The first-order chi connectivity index (χ1) is 15.0. The maximum Gasteiger partial charge on any atom is 0.251 e. The second kappa shape index (κ2) is 7.90. The standard InChI is InChI=1S/C22H22N4O4S/c27-22(17-11-12-17)26-14-13-25(31(28,29)18-9-5-2-6-10-18)15-19(26)21-23-20(24-30-21)16-7-3-1-4-8-16/h1-10,17,19H,11-15H2. The van der Waals surface area contributed by atoms with Gasteiger partial charge in [-0.2, -0.15) is 9.29 Å². The molecule has 2 aliphatic rings. The van der Waals surface area contributed by atoms with Crippen LogP contribution in [0.15, 0.2) is 70.1 Å². The smallest absolute Gasteiger partial charge is 0.251 e. The number of aromatic nitrogens is 2. The molecule has 5 rings (SSSR count). The topological polar surface area (TPSA) is 96.6 Å². The Balaban J connectivity index is 1.47. The Kier molecular flexibility index (Phi) is 5.07. The van der Waals surface area contributed by atoms with Gasteiger partial charge >= 0.3 is 0 Å². The first-order valence-electron chi connectivity index (χ1n) is 10.3. The van der Waals surface area contributed by atoms with Crippen molar-refractivity contribution >= 4 is 15.9 Å². The zero-order chi connectivity index (χ0) is 21.4. The number of rotatable bonds is 5. The minimum atomic E-state index is -3.70. The van der Waals surface area contributed by atoms with Crippen molar-refractivity contribution in [2.75, 3.05) is 19.6 Å². The Morgan fingerprint density at radius 2 is 1.65 bits per heavy atom. The number of hydrogen-bond acceptors (Lipinski definition) is 6. The molecule has 1 saturated carbocycles. The van der Waals surface area contributed by atoms with E-state index in [2.05, 4.69) is 10.1 Å². The van der Waals surface area contributed by atoms with Gasteiger partial charge in [0.15, 0.2) is 0 Å². The summed E-state index contributed by atoms with van der Waals surface area (Å²) in [5, 5.41) is 4.07. The number of hydrogen-bond donors (Lipinski definition) is 0. The highest BCUT2D eigenvalue weighted by molar-refractivity contribution is 7.89. The molecule has 9 heteroatoms. The molecule has 2 aromatic carbocycles. The molecule has 1 atom stereocenters. The SMILES string of the molecule is O=C(C1CC1)N1CCN(S(=O)(=O)c2ccccc2)CC1c1nc(-c2ccccc2)no1. The van der Waals surface area contributed by atoms with Crippen LogP contribution in [0.4, 0.5) is 0 Å². The van der Waals surface area contributed by atoms with E-state index >= 15 is 0 Å². The van der Waals surface area contributed by atoms with E-state index in [9.17, 15) is 13.2 Å². The zero-order valence-corrected chi connectivity index (χ0v) is 17.6. The number of carbonyl (C=O) groups excluding carboxylic acids is 1. The Hall–Kier alpha value is -3.04. The van der Waals surface area contributed by atoms with Crippen LogP contribution in [-0.4, -0.2) is 53.3 Å². The second-order valence-corrected chi connectivity index (χ2v) is 9.76. The van der Waals surface area contributed by atoms with Crippen LogP contribution in [-0.2, 0) is 14.8 Å². The van der Waals surface area contributed by atoms with E-state index in [4.69, 9.17) is 4.52 Å². The molecule has 0 bridgehead atoms. The van der Waals surface area contributed by atoms with E-state index < -0.39 is 16.1 Å². The minimum absolute atomic E-state index is 0.0105. The predicted molar refractivity (Wildman–Crippen MR) is 112 cm³/mol. The van der Waals surface area contributed by atoms with Crippen molar-refractivity contribution in [3.63, 3.8) is 0 Å². The molecular formula is C22H22N4O4S. The van der Waals surface area contributed by atoms with Gasteiger partial charge in [0.2, 0.25) is 21.8 Å². The van der Waals surface area contributed by atoms with E-state index in [1.54, 1.807) is 35.2 Å². The van der Waals surface area contributed by atoms with Crippen molar-refractivity contribution in [1.29, 1.82) is 0 Å². The van der Waals surface area contributed by atoms with Crippen LogP contribution >= 0.6 is 0 Å². The molecule has 1 aromatic heterocycles. The van der Waals surface area contributed by atoms with Gasteiger partial charge in [0.1, 0.15) is 6.04 Å². The zero-order valence-electron chi connectivity index (χ0n) is 16.8. The maximum absolute atomic E-state index is 13.2. The van der Waals surface area contributed by atoms with Crippen molar-refractivity contribution in [3.8, 4) is 11.4 Å². The van der Waals surface area contributed by atoms with Gasteiger partial charge < -0.3 is 9.42 Å². The van der Waals surface area contributed by atoms with Crippen LogP contribution in [0.5, 0.6) is 0 Å². The van der Waals surface area contributed by atoms with Crippen LogP contribution in [0, 0.1) is 5.92 Å². The maximum atomic E-state index is 13.2. The average Bonchev–Trinajstić information content (AvgIpc) is 3.55. The summed E-state index contributed by atoms with van der Waals surface area (Å²) in [6.45, 7) is 0.590. The number of benzene rings is 2. The first kappa shape index (κ1) is 19.9. The molecule has 0 N–H and O–H groups in total. The number of nitrogens with zero attached hydrogens (tertiary/aromatic N) is 4. The third kappa shape index (κ3) is 3.86. The van der Waals surface area contributed by atoms with Crippen molar-refractivity contribution < 1.29 is 17.7 Å². The van der Waals surface area contributed by atoms with Crippen LogP contribution in [0.1, 0.15) is 24.8 Å². The Morgan fingerprint density at radius 1 is 0.968 bits per heavy atom. The number of carbonyl (C=O) groups is 1. The lowest BCUT2D eigenvalue weighted by molar-refractivity contribution is -0.137. The summed E-state index contributed by atoms with van der Waals surface area (Å²) in [7, 11) is -3.70. The molecule has 1 aliphatic carbocycles. The summed E-state index contributed by atoms with van der Waals surface area (Å²) < 4.78 is 33.3. The molecule has 1 saturated heterocycles. The summed E-state index contributed by atoms with van der Waals surface area (Å²) in [4.78, 5) is 19.4. The summed E-state index contributed by atoms with van der Waals surface area (Å²) in [6.07, 6.45) is 1.74. The van der Waals surface area contributed by atoms with Crippen molar-refractivity contribution in [3.05, 3.63) is 66.6 Å². The van der Waals surface area contributed by atoms with Gasteiger partial charge in [0.25, 0.3) is 5.89 Å². The Morgan fingerprint density at radius 3 is 2.32 bits per heavy atom. The van der Waals surface area contributed by atoms with Crippen molar-refractivity contribution in [1.82, 2.24) is 19.3 Å². The van der Waals surface area contributed by atoms with Crippen molar-refractivity contribution in [2.24, 2.45) is 5.92 Å². The molecule has 8 nitrogen and oxygen atoms in total. The lowest BCUT2D eigenvalue weighted by Gasteiger charge is -2.39. The van der Waals surface area contributed by atoms with Gasteiger partial charge in [-0.3, -0.25) is 4.79 Å². The molecular weight excluding hydrogens is 416 g/mol. The van der Waals surface area contributed by atoms with E-state index in [0.717, 1.165) is 18.4 Å². The fourth-order valence-corrected chi connectivity index (χ4v) is 5.29. The molecule has 1 amide bonds. The van der Waals surface area contributed by atoms with Crippen LogP contribution in [0.2, 0.25) is 0 Å². The van der Waals surface area contributed by atoms with Gasteiger partial charge in [0.05, 0.1) is 4.90 Å².